The Morgan fingerprint density at radius 2 is 1.67 bits per heavy atom. The number of aryl methyl sites for hydroxylation is 2. The molecule has 0 fully saturated rings. The second-order valence-corrected chi connectivity index (χ2v) is 7.24. The normalized spacial score (nSPS) is 11.5. The number of carbonyl (C=O) groups excluding carboxylic acids is 2. The molecule has 0 bridgehead atoms. The average molecular weight is 404 g/mol. The van der Waals surface area contributed by atoms with Gasteiger partial charge in [0.2, 0.25) is 0 Å². The lowest BCUT2D eigenvalue weighted by Crippen LogP contribution is -2.38. The predicted molar refractivity (Wildman–Crippen MR) is 122 cm³/mol. The number of hydrogen-bond donors (Lipinski definition) is 1. The number of hydrogen-bond acceptors (Lipinski definition) is 2. The lowest BCUT2D eigenvalue weighted by atomic mass is 10.1. The van der Waals surface area contributed by atoms with Crippen molar-refractivity contribution in [3.8, 4) is 0 Å². The minimum absolute atomic E-state index is 0.186. The third-order valence-corrected chi connectivity index (χ3v) is 5.30. The van der Waals surface area contributed by atoms with E-state index < -0.39 is 0 Å². The van der Waals surface area contributed by atoms with E-state index in [1.54, 1.807) is 23.1 Å². The summed E-state index contributed by atoms with van der Waals surface area (Å²) in [4.78, 5) is 27.7. The molecule has 0 saturated carbocycles. The van der Waals surface area contributed by atoms with Crippen LogP contribution < -0.4 is 5.32 Å². The van der Waals surface area contributed by atoms with Crippen molar-refractivity contribution in [1.82, 2.24) is 14.8 Å². The van der Waals surface area contributed by atoms with Gasteiger partial charge in [0.1, 0.15) is 5.70 Å². The first-order chi connectivity index (χ1) is 14.5. The molecule has 0 aliphatic heterocycles. The number of aromatic nitrogens is 1. The highest BCUT2D eigenvalue weighted by molar-refractivity contribution is 6.06. The highest BCUT2D eigenvalue weighted by atomic mass is 16.2. The number of nitrogens with zero attached hydrogens (tertiary/aromatic N) is 2. The van der Waals surface area contributed by atoms with Gasteiger partial charge >= 0.3 is 0 Å². The molecule has 156 valence electrons. The molecule has 5 heteroatoms. The molecular formula is C25H29N3O2. The van der Waals surface area contributed by atoms with Crippen LogP contribution in [0.4, 0.5) is 0 Å². The van der Waals surface area contributed by atoms with Gasteiger partial charge in [0.15, 0.2) is 0 Å². The SMILES string of the molecule is CCN(CC)C(=O)C(=Cc1cn(CC)c2ccccc12)NC(=O)c1ccc(C)cc1. The van der Waals surface area contributed by atoms with Crippen LogP contribution in [0, 0.1) is 6.92 Å². The number of benzene rings is 2. The van der Waals surface area contributed by atoms with Crippen molar-refractivity contribution in [3.63, 3.8) is 0 Å². The Hall–Kier alpha value is -3.34. The fourth-order valence-corrected chi connectivity index (χ4v) is 3.54. The van der Waals surface area contributed by atoms with Gasteiger partial charge in [-0.3, -0.25) is 9.59 Å². The maximum atomic E-state index is 13.2. The molecule has 0 aliphatic rings. The Morgan fingerprint density at radius 3 is 2.30 bits per heavy atom. The summed E-state index contributed by atoms with van der Waals surface area (Å²) >= 11 is 0. The Morgan fingerprint density at radius 1 is 1.00 bits per heavy atom. The molecule has 1 N–H and O–H groups in total. The number of carbonyl (C=O) groups is 2. The monoisotopic (exact) mass is 403 g/mol. The van der Waals surface area contributed by atoms with Crippen LogP contribution in [0.3, 0.4) is 0 Å². The van der Waals surface area contributed by atoms with E-state index in [4.69, 9.17) is 0 Å². The molecule has 30 heavy (non-hydrogen) atoms. The first kappa shape index (κ1) is 21.4. The van der Waals surface area contributed by atoms with Crippen LogP contribution in [0.5, 0.6) is 0 Å². The van der Waals surface area contributed by atoms with E-state index in [1.807, 2.05) is 57.3 Å². The van der Waals surface area contributed by atoms with Gasteiger partial charge in [0, 0.05) is 47.9 Å². The fourth-order valence-electron chi connectivity index (χ4n) is 3.54. The zero-order valence-electron chi connectivity index (χ0n) is 18.1. The molecular weight excluding hydrogens is 374 g/mol. The van der Waals surface area contributed by atoms with Gasteiger partial charge in [-0.05, 0) is 52.0 Å². The molecule has 3 rings (SSSR count). The molecule has 2 amide bonds. The van der Waals surface area contributed by atoms with Crippen molar-refractivity contribution in [1.29, 1.82) is 0 Å². The van der Waals surface area contributed by atoms with Gasteiger partial charge in [-0.15, -0.1) is 0 Å². The van der Waals surface area contributed by atoms with Crippen LogP contribution in [-0.4, -0.2) is 34.4 Å². The molecule has 0 unspecified atom stereocenters. The van der Waals surface area contributed by atoms with E-state index in [1.165, 1.54) is 0 Å². The lowest BCUT2D eigenvalue weighted by Gasteiger charge is -2.21. The average Bonchev–Trinajstić information content (AvgIpc) is 3.12. The van der Waals surface area contributed by atoms with Crippen LogP contribution in [0.1, 0.15) is 42.3 Å². The van der Waals surface area contributed by atoms with Crippen LogP contribution in [0.2, 0.25) is 0 Å². The summed E-state index contributed by atoms with van der Waals surface area (Å²) in [6.07, 6.45) is 3.82. The first-order valence-corrected chi connectivity index (χ1v) is 10.4. The molecule has 0 radical (unpaired) electrons. The molecule has 2 aromatic carbocycles. The molecule has 3 aromatic rings. The summed E-state index contributed by atoms with van der Waals surface area (Å²) in [5, 5.41) is 3.91. The second kappa shape index (κ2) is 9.44. The maximum Gasteiger partial charge on any atom is 0.270 e. The Bertz CT molecular complexity index is 1070. The highest BCUT2D eigenvalue weighted by Gasteiger charge is 2.20. The van der Waals surface area contributed by atoms with Gasteiger partial charge in [-0.1, -0.05) is 35.9 Å². The largest absolute Gasteiger partial charge is 0.347 e. The number of amides is 2. The fraction of sp³-hybridized carbons (Fsp3) is 0.280. The van der Waals surface area contributed by atoms with E-state index in [9.17, 15) is 9.59 Å². The van der Waals surface area contributed by atoms with Crippen LogP contribution in [0.25, 0.3) is 17.0 Å². The van der Waals surface area contributed by atoms with Crippen molar-refractivity contribution >= 4 is 28.8 Å². The molecule has 5 nitrogen and oxygen atoms in total. The smallest absolute Gasteiger partial charge is 0.270 e. The summed E-state index contributed by atoms with van der Waals surface area (Å²) in [6.45, 7) is 9.89. The standard InChI is InChI=1S/C25H29N3O2/c1-5-27(6-2)25(30)22(26-24(29)19-14-12-18(4)13-15-19)16-20-17-28(7-3)23-11-9-8-10-21(20)23/h8-17H,5-7H2,1-4H3,(H,26,29). The van der Waals surface area contributed by atoms with Gasteiger partial charge in [-0.2, -0.15) is 0 Å². The second-order valence-electron chi connectivity index (χ2n) is 7.24. The molecule has 0 spiro atoms. The molecule has 1 aromatic heterocycles. The zero-order valence-corrected chi connectivity index (χ0v) is 18.1. The Labute approximate surface area is 178 Å². The molecule has 0 saturated heterocycles. The predicted octanol–water partition coefficient (Wildman–Crippen LogP) is 4.61. The van der Waals surface area contributed by atoms with Crippen LogP contribution >= 0.6 is 0 Å². The van der Waals surface area contributed by atoms with Crippen LogP contribution in [-0.2, 0) is 11.3 Å². The minimum Gasteiger partial charge on any atom is -0.347 e. The first-order valence-electron chi connectivity index (χ1n) is 10.4. The van der Waals surface area contributed by atoms with E-state index >= 15 is 0 Å². The third kappa shape index (κ3) is 4.46. The van der Waals surface area contributed by atoms with Gasteiger partial charge < -0.3 is 14.8 Å². The van der Waals surface area contributed by atoms with Gasteiger partial charge in [0.05, 0.1) is 0 Å². The summed E-state index contributed by atoms with van der Waals surface area (Å²) in [5.74, 6) is -0.477. The lowest BCUT2D eigenvalue weighted by molar-refractivity contribution is -0.127. The van der Waals surface area contributed by atoms with Crippen molar-refractivity contribution in [3.05, 3.63) is 77.1 Å². The summed E-state index contributed by atoms with van der Waals surface area (Å²) in [6, 6.07) is 15.4. The van der Waals surface area contributed by atoms with Gasteiger partial charge in [-0.25, -0.2) is 0 Å². The quantitative estimate of drug-likeness (QED) is 0.586. The van der Waals surface area contributed by atoms with Gasteiger partial charge in [0.25, 0.3) is 11.8 Å². The summed E-state index contributed by atoms with van der Waals surface area (Å²) < 4.78 is 2.14. The Kier molecular flexibility index (Phi) is 6.72. The third-order valence-electron chi connectivity index (χ3n) is 5.30. The minimum atomic E-state index is -0.291. The number of para-hydroxylation sites is 1. The van der Waals surface area contributed by atoms with Crippen molar-refractivity contribution < 1.29 is 9.59 Å². The molecule has 1 heterocycles. The van der Waals surface area contributed by atoms with E-state index in [2.05, 4.69) is 22.9 Å². The Balaban J connectivity index is 2.04. The topological polar surface area (TPSA) is 54.3 Å². The summed E-state index contributed by atoms with van der Waals surface area (Å²) in [7, 11) is 0. The van der Waals surface area contributed by atoms with Crippen molar-refractivity contribution in [2.45, 2.75) is 34.2 Å². The van der Waals surface area contributed by atoms with Crippen molar-refractivity contribution in [2.24, 2.45) is 0 Å². The number of rotatable bonds is 7. The molecule has 0 aliphatic carbocycles. The van der Waals surface area contributed by atoms with E-state index in [-0.39, 0.29) is 17.5 Å². The van der Waals surface area contributed by atoms with E-state index in [0.717, 1.165) is 28.6 Å². The summed E-state index contributed by atoms with van der Waals surface area (Å²) in [5.41, 5.74) is 3.89. The number of likely N-dealkylation sites (N-methyl/N-ethyl adjacent to an activating group) is 1. The van der Waals surface area contributed by atoms with Crippen LogP contribution in [0.15, 0.2) is 60.4 Å². The highest BCUT2D eigenvalue weighted by Crippen LogP contribution is 2.24. The number of nitrogens with one attached hydrogen (secondary N) is 1. The number of fused-ring (bicyclic) bond motifs is 1. The van der Waals surface area contributed by atoms with Crippen molar-refractivity contribution in [2.75, 3.05) is 13.1 Å². The molecule has 0 atom stereocenters. The maximum absolute atomic E-state index is 13.2. The van der Waals surface area contributed by atoms with E-state index in [0.29, 0.717) is 18.7 Å². The zero-order chi connectivity index (χ0) is 21.7.